The molecule has 3 rings (SSSR count). The number of hydrogen-bond donors (Lipinski definition) is 2. The maximum atomic E-state index is 12.7. The standard InChI is InChI=1S/C24H23IN2O5S/c1-15-4-5-16(2)22(12-15)33(30,31)27-20-9-6-18(7-10-20)24(29)32-14-23(28)26-21-11-8-19(25)13-17(21)3/h4-13,27H,14H2,1-3H3,(H,26,28). The van der Waals surface area contributed by atoms with Crippen LogP contribution in [0.1, 0.15) is 27.0 Å². The maximum Gasteiger partial charge on any atom is 0.338 e. The number of nitrogens with one attached hydrogen (secondary N) is 2. The molecule has 0 heterocycles. The first kappa shape index (κ1) is 24.7. The molecule has 0 saturated carbocycles. The number of amides is 1. The summed E-state index contributed by atoms with van der Waals surface area (Å²) >= 11 is 2.18. The lowest BCUT2D eigenvalue weighted by atomic mass is 10.2. The van der Waals surface area contributed by atoms with E-state index >= 15 is 0 Å². The number of sulfonamides is 1. The zero-order valence-corrected chi connectivity index (χ0v) is 21.3. The van der Waals surface area contributed by atoms with E-state index in [4.69, 9.17) is 4.74 Å². The van der Waals surface area contributed by atoms with Crippen LogP contribution in [0.25, 0.3) is 0 Å². The van der Waals surface area contributed by atoms with E-state index in [2.05, 4.69) is 32.6 Å². The Morgan fingerprint density at radius 1 is 0.909 bits per heavy atom. The molecule has 172 valence electrons. The van der Waals surface area contributed by atoms with Gasteiger partial charge in [-0.1, -0.05) is 12.1 Å². The second-order valence-corrected chi connectivity index (χ2v) is 10.4. The molecule has 1 amide bonds. The molecule has 33 heavy (non-hydrogen) atoms. The number of aryl methyl sites for hydroxylation is 3. The topological polar surface area (TPSA) is 102 Å². The number of anilines is 2. The Hall–Kier alpha value is -2.92. The van der Waals surface area contributed by atoms with Crippen molar-refractivity contribution in [2.75, 3.05) is 16.6 Å². The number of esters is 1. The van der Waals surface area contributed by atoms with Gasteiger partial charge in [0.1, 0.15) is 0 Å². The molecule has 7 nitrogen and oxygen atoms in total. The van der Waals surface area contributed by atoms with E-state index in [1.165, 1.54) is 24.3 Å². The van der Waals surface area contributed by atoms with E-state index in [9.17, 15) is 18.0 Å². The van der Waals surface area contributed by atoms with Gasteiger partial charge in [0.2, 0.25) is 0 Å². The molecular weight excluding hydrogens is 555 g/mol. The Kier molecular flexibility index (Phi) is 7.75. The summed E-state index contributed by atoms with van der Waals surface area (Å²) in [5.74, 6) is -1.14. The zero-order chi connectivity index (χ0) is 24.2. The quantitative estimate of drug-likeness (QED) is 0.310. The van der Waals surface area contributed by atoms with Crippen molar-refractivity contribution in [2.24, 2.45) is 0 Å². The number of carbonyl (C=O) groups excluding carboxylic acids is 2. The third-order valence-corrected chi connectivity index (χ3v) is 7.00. The summed E-state index contributed by atoms with van der Waals surface area (Å²) in [6.45, 7) is 4.98. The lowest BCUT2D eigenvalue weighted by molar-refractivity contribution is -0.119. The molecule has 0 atom stereocenters. The Morgan fingerprint density at radius 2 is 1.61 bits per heavy atom. The monoisotopic (exact) mass is 578 g/mol. The van der Waals surface area contributed by atoms with Crippen LogP contribution in [0.2, 0.25) is 0 Å². The summed E-state index contributed by atoms with van der Waals surface area (Å²) in [7, 11) is -3.78. The molecule has 0 radical (unpaired) electrons. The molecule has 0 aliphatic rings. The van der Waals surface area contributed by atoms with Gasteiger partial charge >= 0.3 is 5.97 Å². The van der Waals surface area contributed by atoms with Gasteiger partial charge in [0.15, 0.2) is 6.61 Å². The number of benzene rings is 3. The minimum absolute atomic E-state index is 0.195. The van der Waals surface area contributed by atoms with Crippen molar-refractivity contribution in [3.63, 3.8) is 0 Å². The number of hydrogen-bond acceptors (Lipinski definition) is 5. The third-order valence-electron chi connectivity index (χ3n) is 4.80. The molecule has 0 spiro atoms. The molecule has 3 aromatic carbocycles. The van der Waals surface area contributed by atoms with Crippen molar-refractivity contribution >= 4 is 55.9 Å². The Morgan fingerprint density at radius 3 is 2.27 bits per heavy atom. The predicted octanol–water partition coefficient (Wildman–Crippen LogP) is 4.81. The van der Waals surface area contributed by atoms with E-state index in [1.54, 1.807) is 25.1 Å². The van der Waals surface area contributed by atoms with Crippen molar-refractivity contribution in [2.45, 2.75) is 25.7 Å². The smallest absolute Gasteiger partial charge is 0.338 e. The van der Waals surface area contributed by atoms with E-state index in [0.29, 0.717) is 16.9 Å². The van der Waals surface area contributed by atoms with Crippen LogP contribution < -0.4 is 10.0 Å². The highest BCUT2D eigenvalue weighted by Gasteiger charge is 2.18. The van der Waals surface area contributed by atoms with Crippen LogP contribution >= 0.6 is 22.6 Å². The van der Waals surface area contributed by atoms with E-state index in [1.807, 2.05) is 32.0 Å². The highest BCUT2D eigenvalue weighted by molar-refractivity contribution is 14.1. The fraction of sp³-hybridized carbons (Fsp3) is 0.167. The highest BCUT2D eigenvalue weighted by atomic mass is 127. The average Bonchev–Trinajstić information content (AvgIpc) is 2.76. The average molecular weight is 578 g/mol. The largest absolute Gasteiger partial charge is 0.452 e. The Labute approximate surface area is 206 Å². The van der Waals surface area contributed by atoms with Gasteiger partial charge in [0.25, 0.3) is 15.9 Å². The number of halogens is 1. The van der Waals surface area contributed by atoms with Crippen molar-refractivity contribution in [1.29, 1.82) is 0 Å². The van der Waals surface area contributed by atoms with Gasteiger partial charge in [-0.05, 0) is 109 Å². The van der Waals surface area contributed by atoms with Crippen molar-refractivity contribution in [3.8, 4) is 0 Å². The lowest BCUT2D eigenvalue weighted by Gasteiger charge is -2.12. The summed E-state index contributed by atoms with van der Waals surface area (Å²) in [4.78, 5) is 24.6. The molecule has 0 fully saturated rings. The van der Waals surface area contributed by atoms with Gasteiger partial charge in [-0.3, -0.25) is 9.52 Å². The van der Waals surface area contributed by atoms with Crippen molar-refractivity contribution in [3.05, 3.63) is 86.5 Å². The lowest BCUT2D eigenvalue weighted by Crippen LogP contribution is -2.21. The number of rotatable bonds is 7. The van der Waals surface area contributed by atoms with Crippen LogP contribution in [0.4, 0.5) is 11.4 Å². The van der Waals surface area contributed by atoms with Crippen molar-refractivity contribution in [1.82, 2.24) is 0 Å². The highest BCUT2D eigenvalue weighted by Crippen LogP contribution is 2.21. The summed E-state index contributed by atoms with van der Waals surface area (Å²) in [6.07, 6.45) is 0. The van der Waals surface area contributed by atoms with Crippen LogP contribution in [0.5, 0.6) is 0 Å². The van der Waals surface area contributed by atoms with Gasteiger partial charge < -0.3 is 10.1 Å². The molecule has 0 aromatic heterocycles. The molecule has 0 aliphatic heterocycles. The van der Waals surface area contributed by atoms with Crippen LogP contribution in [0.15, 0.2) is 65.6 Å². The molecule has 9 heteroatoms. The van der Waals surface area contributed by atoms with Crippen LogP contribution in [0.3, 0.4) is 0 Å². The van der Waals surface area contributed by atoms with Gasteiger partial charge in [-0.15, -0.1) is 0 Å². The zero-order valence-electron chi connectivity index (χ0n) is 18.3. The molecule has 0 aliphatic carbocycles. The fourth-order valence-electron chi connectivity index (χ4n) is 3.05. The van der Waals surface area contributed by atoms with E-state index in [0.717, 1.165) is 14.7 Å². The van der Waals surface area contributed by atoms with Gasteiger partial charge in [-0.25, -0.2) is 13.2 Å². The minimum atomic E-state index is -3.78. The molecule has 0 saturated heterocycles. The van der Waals surface area contributed by atoms with E-state index in [-0.39, 0.29) is 10.5 Å². The van der Waals surface area contributed by atoms with Gasteiger partial charge in [-0.2, -0.15) is 0 Å². The molecular formula is C24H23IN2O5S. The third kappa shape index (κ3) is 6.55. The minimum Gasteiger partial charge on any atom is -0.452 e. The van der Waals surface area contributed by atoms with E-state index < -0.39 is 28.5 Å². The number of ether oxygens (including phenoxy) is 1. The summed E-state index contributed by atoms with van der Waals surface area (Å²) in [5.41, 5.74) is 3.52. The van der Waals surface area contributed by atoms with Gasteiger partial charge in [0.05, 0.1) is 10.5 Å². The Bertz CT molecular complexity index is 1300. The van der Waals surface area contributed by atoms with Crippen LogP contribution in [0, 0.1) is 24.3 Å². The summed E-state index contributed by atoms with van der Waals surface area (Å²) in [6, 6.07) is 16.6. The Balaban J connectivity index is 1.59. The van der Waals surface area contributed by atoms with Crippen molar-refractivity contribution < 1.29 is 22.7 Å². The maximum absolute atomic E-state index is 12.7. The fourth-order valence-corrected chi connectivity index (χ4v) is 5.09. The number of carbonyl (C=O) groups is 2. The first-order valence-corrected chi connectivity index (χ1v) is 12.5. The van der Waals surface area contributed by atoms with Crippen LogP contribution in [-0.4, -0.2) is 26.9 Å². The molecule has 2 N–H and O–H groups in total. The SMILES string of the molecule is Cc1ccc(C)c(S(=O)(=O)Nc2ccc(C(=O)OCC(=O)Nc3ccc(I)cc3C)cc2)c1. The van der Waals surface area contributed by atoms with Crippen LogP contribution in [-0.2, 0) is 19.6 Å². The normalized spacial score (nSPS) is 11.0. The second-order valence-electron chi connectivity index (χ2n) is 7.54. The molecule has 3 aromatic rings. The molecule has 0 unspecified atom stereocenters. The summed E-state index contributed by atoms with van der Waals surface area (Å²) in [5, 5.41) is 2.71. The summed E-state index contributed by atoms with van der Waals surface area (Å²) < 4.78 is 34.1. The first-order chi connectivity index (χ1) is 15.5. The van der Waals surface area contributed by atoms with Gasteiger partial charge in [0, 0.05) is 14.9 Å². The predicted molar refractivity (Wildman–Crippen MR) is 136 cm³/mol. The first-order valence-electron chi connectivity index (χ1n) is 9.98. The molecule has 0 bridgehead atoms. The second kappa shape index (κ2) is 10.3.